The van der Waals surface area contributed by atoms with Crippen molar-refractivity contribution in [2.75, 3.05) is 0 Å². The van der Waals surface area contributed by atoms with Crippen LogP contribution >= 0.6 is 11.3 Å². The van der Waals surface area contributed by atoms with E-state index in [-0.39, 0.29) is 12.5 Å². The van der Waals surface area contributed by atoms with E-state index < -0.39 is 11.7 Å². The number of hydrogen-bond donors (Lipinski definition) is 1. The minimum absolute atomic E-state index is 0.0666. The van der Waals surface area contributed by atoms with E-state index in [0.29, 0.717) is 11.1 Å². The van der Waals surface area contributed by atoms with Crippen LogP contribution in [-0.2, 0) is 12.7 Å². The Morgan fingerprint density at radius 3 is 2.57 bits per heavy atom. The molecule has 0 saturated heterocycles. The number of amides is 1. The van der Waals surface area contributed by atoms with Gasteiger partial charge < -0.3 is 5.32 Å². The number of nitrogens with one attached hydrogen (secondary N) is 1. The molecule has 0 unspecified atom stereocenters. The molecule has 2 aromatic rings. The molecule has 0 aliphatic heterocycles. The van der Waals surface area contributed by atoms with E-state index in [4.69, 9.17) is 0 Å². The number of thiophene rings is 1. The highest BCUT2D eigenvalue weighted by molar-refractivity contribution is 7.10. The normalized spacial score (nSPS) is 11.5. The number of rotatable bonds is 3. The second-order valence-corrected chi connectivity index (χ2v) is 5.80. The number of carbonyl (C=O) groups excluding carboxylic acids is 1. The number of benzene rings is 1. The zero-order chi connectivity index (χ0) is 15.6. The minimum Gasteiger partial charge on any atom is -0.348 e. The van der Waals surface area contributed by atoms with Gasteiger partial charge in [-0.25, -0.2) is 0 Å². The van der Waals surface area contributed by atoms with Gasteiger partial charge in [0.1, 0.15) is 0 Å². The van der Waals surface area contributed by atoms with Crippen molar-refractivity contribution in [1.29, 1.82) is 0 Å². The Bertz CT molecular complexity index is 661. The fourth-order valence-corrected chi connectivity index (χ4v) is 2.74. The molecule has 21 heavy (non-hydrogen) atoms. The molecule has 2 nitrogen and oxygen atoms in total. The maximum Gasteiger partial charge on any atom is 0.416 e. The molecule has 1 heterocycles. The van der Waals surface area contributed by atoms with Gasteiger partial charge in [-0.1, -0.05) is 12.1 Å². The lowest BCUT2D eigenvalue weighted by Crippen LogP contribution is -2.23. The summed E-state index contributed by atoms with van der Waals surface area (Å²) in [5.41, 5.74) is 1.19. The smallest absolute Gasteiger partial charge is 0.348 e. The first-order valence-corrected chi connectivity index (χ1v) is 7.16. The van der Waals surface area contributed by atoms with Crippen LogP contribution in [-0.4, -0.2) is 5.91 Å². The zero-order valence-corrected chi connectivity index (χ0v) is 12.4. The number of alkyl halides is 3. The lowest BCUT2D eigenvalue weighted by atomic mass is 10.1. The third kappa shape index (κ3) is 3.64. The molecular weight excluding hydrogens is 299 g/mol. The van der Waals surface area contributed by atoms with Crippen LogP contribution in [0.15, 0.2) is 29.6 Å². The maximum atomic E-state index is 12.6. The average molecular weight is 313 g/mol. The maximum absolute atomic E-state index is 12.6. The van der Waals surface area contributed by atoms with E-state index in [2.05, 4.69) is 5.32 Å². The molecule has 1 aromatic heterocycles. The molecule has 0 spiro atoms. The van der Waals surface area contributed by atoms with Gasteiger partial charge in [0, 0.05) is 16.8 Å². The Morgan fingerprint density at radius 1 is 1.29 bits per heavy atom. The van der Waals surface area contributed by atoms with Gasteiger partial charge in [-0.05, 0) is 37.1 Å². The standard InChI is InChI=1S/C15H14F3NOS/c1-9-10(2)21-8-13(9)14(20)19-7-11-4-3-5-12(6-11)15(16,17)18/h3-6,8H,7H2,1-2H3,(H,19,20). The van der Waals surface area contributed by atoms with E-state index in [0.717, 1.165) is 22.6 Å². The Kier molecular flexibility index (Phi) is 4.37. The quantitative estimate of drug-likeness (QED) is 0.898. The number of halogens is 3. The van der Waals surface area contributed by atoms with Crippen LogP contribution in [0.3, 0.4) is 0 Å². The summed E-state index contributed by atoms with van der Waals surface area (Å²) in [5, 5.41) is 4.40. The van der Waals surface area contributed by atoms with E-state index >= 15 is 0 Å². The summed E-state index contributed by atoms with van der Waals surface area (Å²) in [4.78, 5) is 13.1. The van der Waals surface area contributed by atoms with Crippen molar-refractivity contribution in [2.45, 2.75) is 26.6 Å². The Morgan fingerprint density at radius 2 is 2.00 bits per heavy atom. The summed E-state index contributed by atoms with van der Waals surface area (Å²) in [6.07, 6.45) is -4.37. The molecule has 112 valence electrons. The van der Waals surface area contributed by atoms with Crippen LogP contribution in [0.5, 0.6) is 0 Å². The molecule has 1 amide bonds. The monoisotopic (exact) mass is 313 g/mol. The van der Waals surface area contributed by atoms with Gasteiger partial charge in [0.25, 0.3) is 5.91 Å². The topological polar surface area (TPSA) is 29.1 Å². The summed E-state index contributed by atoms with van der Waals surface area (Å²) in [6.45, 7) is 3.84. The predicted molar refractivity (Wildman–Crippen MR) is 76.4 cm³/mol. The van der Waals surface area contributed by atoms with Crippen LogP contribution in [0.2, 0.25) is 0 Å². The van der Waals surface area contributed by atoms with Crippen molar-refractivity contribution in [3.8, 4) is 0 Å². The van der Waals surface area contributed by atoms with E-state index in [1.54, 1.807) is 11.4 Å². The summed E-state index contributed by atoms with van der Waals surface area (Å²) >= 11 is 1.48. The molecule has 0 aliphatic rings. The summed E-state index contributed by atoms with van der Waals surface area (Å²) < 4.78 is 37.8. The van der Waals surface area contributed by atoms with Gasteiger partial charge in [0.15, 0.2) is 0 Å². The van der Waals surface area contributed by atoms with Crippen LogP contribution < -0.4 is 5.32 Å². The second kappa shape index (κ2) is 5.89. The predicted octanol–water partition coefficient (Wildman–Crippen LogP) is 4.31. The van der Waals surface area contributed by atoms with Gasteiger partial charge in [0.2, 0.25) is 0 Å². The largest absolute Gasteiger partial charge is 0.416 e. The Labute approximate surface area is 124 Å². The van der Waals surface area contributed by atoms with Gasteiger partial charge in [-0.3, -0.25) is 4.79 Å². The van der Waals surface area contributed by atoms with E-state index in [9.17, 15) is 18.0 Å². The van der Waals surface area contributed by atoms with Crippen molar-refractivity contribution in [2.24, 2.45) is 0 Å². The molecule has 6 heteroatoms. The molecule has 1 N–H and O–H groups in total. The molecule has 1 aromatic carbocycles. The lowest BCUT2D eigenvalue weighted by molar-refractivity contribution is -0.137. The molecule has 0 saturated carbocycles. The fourth-order valence-electron chi connectivity index (χ4n) is 1.87. The first kappa shape index (κ1) is 15.6. The van der Waals surface area contributed by atoms with Gasteiger partial charge in [-0.15, -0.1) is 11.3 Å². The highest BCUT2D eigenvalue weighted by atomic mass is 32.1. The van der Waals surface area contributed by atoms with Crippen molar-refractivity contribution in [1.82, 2.24) is 5.32 Å². The van der Waals surface area contributed by atoms with Gasteiger partial charge in [0.05, 0.1) is 11.1 Å². The SMILES string of the molecule is Cc1scc(C(=O)NCc2cccc(C(F)(F)F)c2)c1C. The van der Waals surface area contributed by atoms with Gasteiger partial charge >= 0.3 is 6.18 Å². The zero-order valence-electron chi connectivity index (χ0n) is 11.5. The minimum atomic E-state index is -4.37. The third-order valence-corrected chi connectivity index (χ3v) is 4.25. The van der Waals surface area contributed by atoms with Gasteiger partial charge in [-0.2, -0.15) is 13.2 Å². The molecule has 0 bridgehead atoms. The molecule has 2 rings (SSSR count). The number of aryl methyl sites for hydroxylation is 1. The van der Waals surface area contributed by atoms with Crippen LogP contribution in [0.1, 0.15) is 31.9 Å². The Hall–Kier alpha value is -1.82. The van der Waals surface area contributed by atoms with Crippen molar-refractivity contribution in [3.05, 3.63) is 56.8 Å². The molecule has 0 radical (unpaired) electrons. The summed E-state index contributed by atoms with van der Waals surface area (Å²) in [5.74, 6) is -0.269. The van der Waals surface area contributed by atoms with E-state index in [1.165, 1.54) is 17.4 Å². The first-order chi connectivity index (χ1) is 9.79. The van der Waals surface area contributed by atoms with Crippen LogP contribution in [0.25, 0.3) is 0 Å². The fraction of sp³-hybridized carbons (Fsp3) is 0.267. The summed E-state index contributed by atoms with van der Waals surface area (Å²) in [7, 11) is 0. The first-order valence-electron chi connectivity index (χ1n) is 6.28. The molecule has 0 atom stereocenters. The van der Waals surface area contributed by atoms with E-state index in [1.807, 2.05) is 13.8 Å². The molecule has 0 fully saturated rings. The highest BCUT2D eigenvalue weighted by Gasteiger charge is 2.30. The Balaban J connectivity index is 2.07. The molecule has 0 aliphatic carbocycles. The van der Waals surface area contributed by atoms with Crippen molar-refractivity contribution >= 4 is 17.2 Å². The van der Waals surface area contributed by atoms with Crippen LogP contribution in [0.4, 0.5) is 13.2 Å². The highest BCUT2D eigenvalue weighted by Crippen LogP contribution is 2.29. The number of carbonyl (C=O) groups is 1. The average Bonchev–Trinajstić information content (AvgIpc) is 2.76. The number of hydrogen-bond acceptors (Lipinski definition) is 2. The lowest BCUT2D eigenvalue weighted by Gasteiger charge is -2.09. The van der Waals surface area contributed by atoms with Crippen molar-refractivity contribution in [3.63, 3.8) is 0 Å². The summed E-state index contributed by atoms with van der Waals surface area (Å²) in [6, 6.07) is 4.95. The van der Waals surface area contributed by atoms with Crippen molar-refractivity contribution < 1.29 is 18.0 Å². The molecular formula is C15H14F3NOS. The third-order valence-electron chi connectivity index (χ3n) is 3.24. The second-order valence-electron chi connectivity index (χ2n) is 4.71. The van der Waals surface area contributed by atoms with Crippen LogP contribution in [0, 0.1) is 13.8 Å².